The van der Waals surface area contributed by atoms with Crippen LogP contribution < -0.4 is 11.1 Å². The summed E-state index contributed by atoms with van der Waals surface area (Å²) in [6, 6.07) is 3.90. The highest BCUT2D eigenvalue weighted by atomic mass is 32.1. The van der Waals surface area contributed by atoms with Gasteiger partial charge in [-0.3, -0.25) is 4.98 Å². The van der Waals surface area contributed by atoms with Gasteiger partial charge in [0.2, 0.25) is 0 Å². The van der Waals surface area contributed by atoms with Crippen LogP contribution in [0.15, 0.2) is 18.3 Å². The van der Waals surface area contributed by atoms with Crippen molar-refractivity contribution in [3.05, 3.63) is 24.0 Å². The molecule has 1 heterocycles. The average molecular weight is 249 g/mol. The number of nitrogens with one attached hydrogen (secondary N) is 1. The molecule has 0 saturated heterocycles. The number of anilines is 1. The molecule has 1 aromatic heterocycles. The Labute approximate surface area is 108 Å². The van der Waals surface area contributed by atoms with Gasteiger partial charge in [0.25, 0.3) is 0 Å². The van der Waals surface area contributed by atoms with Crippen molar-refractivity contribution in [2.75, 3.05) is 11.9 Å². The second-order valence-corrected chi connectivity index (χ2v) is 5.31. The molecule has 1 fully saturated rings. The van der Waals surface area contributed by atoms with Crippen molar-refractivity contribution in [3.63, 3.8) is 0 Å². The van der Waals surface area contributed by atoms with Crippen molar-refractivity contribution in [1.29, 1.82) is 0 Å². The Morgan fingerprint density at radius 2 is 2.35 bits per heavy atom. The first-order valence-corrected chi connectivity index (χ1v) is 6.56. The molecule has 92 valence electrons. The van der Waals surface area contributed by atoms with Gasteiger partial charge >= 0.3 is 0 Å². The summed E-state index contributed by atoms with van der Waals surface area (Å²) in [4.78, 5) is 4.57. The number of aromatic nitrogens is 1. The van der Waals surface area contributed by atoms with E-state index < -0.39 is 0 Å². The molecule has 2 rings (SSSR count). The van der Waals surface area contributed by atoms with Gasteiger partial charge in [-0.2, -0.15) is 0 Å². The molecule has 1 aliphatic carbocycles. The van der Waals surface area contributed by atoms with Gasteiger partial charge in [0.1, 0.15) is 10.7 Å². The molecule has 1 aromatic rings. The molecular formula is C13H19N3S. The van der Waals surface area contributed by atoms with Gasteiger partial charge in [0, 0.05) is 12.7 Å². The third kappa shape index (κ3) is 2.94. The maximum absolute atomic E-state index is 5.66. The molecule has 0 unspecified atom stereocenters. The summed E-state index contributed by atoms with van der Waals surface area (Å²) in [5.41, 5.74) is 7.83. The van der Waals surface area contributed by atoms with E-state index in [4.69, 9.17) is 18.0 Å². The van der Waals surface area contributed by atoms with E-state index in [0.717, 1.165) is 12.2 Å². The largest absolute Gasteiger partial charge is 0.388 e. The lowest BCUT2D eigenvalue weighted by Gasteiger charge is -2.17. The van der Waals surface area contributed by atoms with Crippen LogP contribution >= 0.6 is 12.2 Å². The second kappa shape index (κ2) is 5.00. The number of hydrogen-bond donors (Lipinski definition) is 2. The van der Waals surface area contributed by atoms with Crippen molar-refractivity contribution in [3.8, 4) is 0 Å². The smallest absolute Gasteiger partial charge is 0.124 e. The van der Waals surface area contributed by atoms with Gasteiger partial charge in [0.05, 0.1) is 5.69 Å². The molecule has 1 aliphatic rings. The van der Waals surface area contributed by atoms with Gasteiger partial charge < -0.3 is 11.1 Å². The molecule has 0 atom stereocenters. The lowest BCUT2D eigenvalue weighted by atomic mass is 10.0. The van der Waals surface area contributed by atoms with E-state index in [2.05, 4.69) is 17.2 Å². The molecule has 3 N–H and O–H groups in total. The van der Waals surface area contributed by atoms with Crippen molar-refractivity contribution in [1.82, 2.24) is 4.98 Å². The molecule has 0 aliphatic heterocycles. The molecule has 0 bridgehead atoms. The maximum atomic E-state index is 5.66. The third-order valence-electron chi connectivity index (χ3n) is 3.43. The molecule has 3 nitrogen and oxygen atoms in total. The van der Waals surface area contributed by atoms with E-state index >= 15 is 0 Å². The Morgan fingerprint density at radius 3 is 2.94 bits per heavy atom. The van der Waals surface area contributed by atoms with E-state index in [1.54, 1.807) is 6.20 Å². The fourth-order valence-electron chi connectivity index (χ4n) is 2.25. The highest BCUT2D eigenvalue weighted by molar-refractivity contribution is 7.80. The van der Waals surface area contributed by atoms with Gasteiger partial charge in [-0.1, -0.05) is 25.6 Å². The number of hydrogen-bond acceptors (Lipinski definition) is 3. The van der Waals surface area contributed by atoms with Gasteiger partial charge in [-0.15, -0.1) is 0 Å². The Bertz CT molecular complexity index is 413. The lowest BCUT2D eigenvalue weighted by molar-refractivity contribution is 0.485. The van der Waals surface area contributed by atoms with Crippen molar-refractivity contribution in [2.45, 2.75) is 32.6 Å². The average Bonchev–Trinajstić information content (AvgIpc) is 3.08. The topological polar surface area (TPSA) is 50.9 Å². The van der Waals surface area contributed by atoms with Crippen LogP contribution in [0.2, 0.25) is 0 Å². The third-order valence-corrected chi connectivity index (χ3v) is 3.63. The zero-order valence-electron chi connectivity index (χ0n) is 10.2. The zero-order valence-corrected chi connectivity index (χ0v) is 11.0. The molecule has 1 saturated carbocycles. The minimum atomic E-state index is 0.355. The monoisotopic (exact) mass is 249 g/mol. The molecule has 4 heteroatoms. The Hall–Kier alpha value is -1.16. The first-order valence-electron chi connectivity index (χ1n) is 6.15. The van der Waals surface area contributed by atoms with E-state index in [9.17, 15) is 0 Å². The van der Waals surface area contributed by atoms with Crippen LogP contribution in [0.3, 0.4) is 0 Å². The van der Waals surface area contributed by atoms with Crippen LogP contribution in [0.25, 0.3) is 0 Å². The highest BCUT2D eigenvalue weighted by Gasteiger charge is 2.41. The molecule has 17 heavy (non-hydrogen) atoms. The van der Waals surface area contributed by atoms with Gasteiger partial charge in [0.15, 0.2) is 0 Å². The summed E-state index contributed by atoms with van der Waals surface area (Å²) in [5, 5.41) is 3.45. The number of nitrogens with two attached hydrogens (primary N) is 1. The Balaban J connectivity index is 2.02. The number of pyridine rings is 1. The normalized spacial score (nSPS) is 16.5. The van der Waals surface area contributed by atoms with Crippen molar-refractivity contribution < 1.29 is 0 Å². The first-order chi connectivity index (χ1) is 8.17. The Morgan fingerprint density at radius 1 is 1.59 bits per heavy atom. The van der Waals surface area contributed by atoms with Crippen molar-refractivity contribution >= 4 is 22.9 Å². The maximum Gasteiger partial charge on any atom is 0.124 e. The summed E-state index contributed by atoms with van der Waals surface area (Å²) in [5.74, 6) is 0. The summed E-state index contributed by atoms with van der Waals surface area (Å²) >= 11 is 5.00. The second-order valence-electron chi connectivity index (χ2n) is 4.87. The van der Waals surface area contributed by atoms with E-state index in [0.29, 0.717) is 16.1 Å². The van der Waals surface area contributed by atoms with Crippen LogP contribution in [-0.4, -0.2) is 16.5 Å². The SMILES string of the molecule is CCCC1(CNc2cccnc2C(N)=S)CC1. The number of thiocarbonyl (C=S) groups is 1. The van der Waals surface area contributed by atoms with Crippen LogP contribution in [0.5, 0.6) is 0 Å². The van der Waals surface area contributed by atoms with E-state index in [1.807, 2.05) is 12.1 Å². The standard InChI is InChI=1S/C13H19N3S/c1-2-5-13(6-7-13)9-16-10-4-3-8-15-11(10)12(14)17/h3-4,8,16H,2,5-7,9H2,1H3,(H2,14,17). The molecule has 0 amide bonds. The van der Waals surface area contributed by atoms with Crippen molar-refractivity contribution in [2.24, 2.45) is 11.1 Å². The predicted molar refractivity (Wildman–Crippen MR) is 75.2 cm³/mol. The minimum absolute atomic E-state index is 0.355. The van der Waals surface area contributed by atoms with Crippen LogP contribution in [0.1, 0.15) is 38.3 Å². The fourth-order valence-corrected chi connectivity index (χ4v) is 2.41. The fraction of sp³-hybridized carbons (Fsp3) is 0.538. The molecular weight excluding hydrogens is 230 g/mol. The molecule has 0 spiro atoms. The van der Waals surface area contributed by atoms with E-state index in [-0.39, 0.29) is 0 Å². The summed E-state index contributed by atoms with van der Waals surface area (Å²) in [6.07, 6.45) is 6.92. The highest BCUT2D eigenvalue weighted by Crippen LogP contribution is 2.49. The Kier molecular flexibility index (Phi) is 3.62. The minimum Gasteiger partial charge on any atom is -0.388 e. The van der Waals surface area contributed by atoms with Gasteiger partial charge in [-0.25, -0.2) is 0 Å². The van der Waals surface area contributed by atoms with Crippen LogP contribution in [0.4, 0.5) is 5.69 Å². The summed E-state index contributed by atoms with van der Waals surface area (Å²) < 4.78 is 0. The molecule has 0 aromatic carbocycles. The summed E-state index contributed by atoms with van der Waals surface area (Å²) in [7, 11) is 0. The molecule has 0 radical (unpaired) electrons. The lowest BCUT2D eigenvalue weighted by Crippen LogP contribution is -2.19. The quantitative estimate of drug-likeness (QED) is 0.761. The number of rotatable bonds is 6. The zero-order chi connectivity index (χ0) is 12.3. The predicted octanol–water partition coefficient (Wildman–Crippen LogP) is 2.71. The van der Waals surface area contributed by atoms with Crippen LogP contribution in [0, 0.1) is 5.41 Å². The van der Waals surface area contributed by atoms with Crippen LogP contribution in [-0.2, 0) is 0 Å². The van der Waals surface area contributed by atoms with Gasteiger partial charge in [-0.05, 0) is 36.8 Å². The number of nitrogens with zero attached hydrogens (tertiary/aromatic N) is 1. The summed E-state index contributed by atoms with van der Waals surface area (Å²) in [6.45, 7) is 3.24. The van der Waals surface area contributed by atoms with E-state index in [1.165, 1.54) is 25.7 Å². The first kappa shape index (κ1) is 12.3.